The maximum absolute atomic E-state index is 13.4. The fourth-order valence-electron chi connectivity index (χ4n) is 3.99. The maximum Gasteiger partial charge on any atom is 0.417 e. The average molecular weight is 467 g/mol. The number of amides is 3. The van der Waals surface area contributed by atoms with E-state index in [1.165, 1.54) is 17.0 Å². The van der Waals surface area contributed by atoms with E-state index >= 15 is 0 Å². The van der Waals surface area contributed by atoms with E-state index in [1.54, 1.807) is 20.0 Å². The predicted molar refractivity (Wildman–Crippen MR) is 120 cm³/mol. The van der Waals surface area contributed by atoms with Gasteiger partial charge in [0.05, 0.1) is 34.1 Å². The minimum absolute atomic E-state index is 0.125. The van der Waals surface area contributed by atoms with Gasteiger partial charge < -0.3 is 10.2 Å². The largest absolute Gasteiger partial charge is 0.417 e. The van der Waals surface area contributed by atoms with E-state index in [0.29, 0.717) is 6.07 Å². The molecule has 1 aromatic heterocycles. The van der Waals surface area contributed by atoms with Crippen molar-refractivity contribution in [3.8, 4) is 6.07 Å². The number of carbonyl (C=O) groups is 2. The van der Waals surface area contributed by atoms with Gasteiger partial charge in [0, 0.05) is 24.7 Å². The number of rotatable bonds is 5. The molecule has 1 saturated heterocycles. The van der Waals surface area contributed by atoms with Crippen LogP contribution in [0.1, 0.15) is 25.0 Å². The van der Waals surface area contributed by atoms with E-state index in [4.69, 9.17) is 5.26 Å². The van der Waals surface area contributed by atoms with E-state index in [9.17, 15) is 22.8 Å². The Hall–Kier alpha value is -4.13. The number of nitrogens with one attached hydrogen (secondary N) is 1. The molecule has 34 heavy (non-hydrogen) atoms. The summed E-state index contributed by atoms with van der Waals surface area (Å²) in [4.78, 5) is 32.6. The number of anilines is 2. The van der Waals surface area contributed by atoms with Gasteiger partial charge in [0.2, 0.25) is 0 Å². The van der Waals surface area contributed by atoms with Crippen LogP contribution in [-0.2, 0) is 11.0 Å². The number of para-hydroxylation sites is 1. The van der Waals surface area contributed by atoms with Crippen LogP contribution < -0.4 is 10.2 Å². The Labute approximate surface area is 193 Å². The molecule has 4 rings (SSSR count). The Morgan fingerprint density at radius 2 is 1.85 bits per heavy atom. The highest BCUT2D eigenvalue weighted by molar-refractivity contribution is 6.23. The molecule has 7 nitrogen and oxygen atoms in total. The number of hydrogen-bond donors (Lipinski definition) is 1. The second-order valence-corrected chi connectivity index (χ2v) is 8.28. The van der Waals surface area contributed by atoms with E-state index in [-0.39, 0.29) is 18.8 Å². The number of imide groups is 1. The quantitative estimate of drug-likeness (QED) is 0.546. The van der Waals surface area contributed by atoms with Gasteiger partial charge in [0.1, 0.15) is 5.54 Å². The third kappa shape index (κ3) is 3.90. The molecule has 0 unspecified atom stereocenters. The van der Waals surface area contributed by atoms with Crippen molar-refractivity contribution in [2.24, 2.45) is 0 Å². The van der Waals surface area contributed by atoms with Gasteiger partial charge in [0.25, 0.3) is 5.91 Å². The Morgan fingerprint density at radius 1 is 1.12 bits per heavy atom. The summed E-state index contributed by atoms with van der Waals surface area (Å²) in [6.07, 6.45) is -3.14. The number of halogens is 3. The Balaban J connectivity index is 1.57. The number of nitrogens with zero attached hydrogens (tertiary/aromatic N) is 4. The van der Waals surface area contributed by atoms with Crippen LogP contribution in [0.4, 0.5) is 29.3 Å². The zero-order valence-corrected chi connectivity index (χ0v) is 18.3. The number of fused-ring (bicyclic) bond motifs is 1. The monoisotopic (exact) mass is 467 g/mol. The van der Waals surface area contributed by atoms with Crippen molar-refractivity contribution < 1.29 is 22.8 Å². The van der Waals surface area contributed by atoms with E-state index in [1.807, 2.05) is 30.3 Å². The zero-order valence-electron chi connectivity index (χ0n) is 18.3. The molecule has 1 N–H and O–H groups in total. The molecule has 174 valence electrons. The van der Waals surface area contributed by atoms with E-state index in [0.717, 1.165) is 27.6 Å². The topological polar surface area (TPSA) is 89.3 Å². The summed E-state index contributed by atoms with van der Waals surface area (Å²) < 4.78 is 40.2. The summed E-state index contributed by atoms with van der Waals surface area (Å²) >= 11 is 0. The van der Waals surface area contributed by atoms with Crippen molar-refractivity contribution in [2.45, 2.75) is 25.6 Å². The first-order valence-corrected chi connectivity index (χ1v) is 10.4. The number of carbonyl (C=O) groups excluding carboxylic acids is 2. The first kappa shape index (κ1) is 23.0. The number of urea groups is 1. The fraction of sp³-hybridized carbons (Fsp3) is 0.250. The summed E-state index contributed by atoms with van der Waals surface area (Å²) in [5.41, 5.74) is -1.78. The number of hydrogen-bond acceptors (Lipinski definition) is 5. The molecule has 1 fully saturated rings. The molecule has 0 aliphatic carbocycles. The van der Waals surface area contributed by atoms with Crippen LogP contribution in [0, 0.1) is 11.3 Å². The minimum atomic E-state index is -4.81. The minimum Gasteiger partial charge on any atom is -0.382 e. The number of aromatic nitrogens is 1. The smallest absolute Gasteiger partial charge is 0.382 e. The van der Waals surface area contributed by atoms with Gasteiger partial charge in [-0.1, -0.05) is 18.2 Å². The van der Waals surface area contributed by atoms with Gasteiger partial charge in [-0.05, 0) is 44.2 Å². The maximum atomic E-state index is 13.4. The van der Waals surface area contributed by atoms with Crippen LogP contribution in [0.25, 0.3) is 10.9 Å². The van der Waals surface area contributed by atoms with Crippen LogP contribution in [0.2, 0.25) is 0 Å². The Bertz CT molecular complexity index is 1320. The van der Waals surface area contributed by atoms with Crippen molar-refractivity contribution in [3.63, 3.8) is 0 Å². The van der Waals surface area contributed by atoms with Crippen molar-refractivity contribution in [1.29, 1.82) is 5.26 Å². The lowest BCUT2D eigenvalue weighted by Crippen LogP contribution is -2.46. The van der Waals surface area contributed by atoms with Crippen molar-refractivity contribution in [1.82, 2.24) is 9.88 Å². The van der Waals surface area contributed by atoms with Crippen LogP contribution in [0.15, 0.2) is 54.7 Å². The highest BCUT2D eigenvalue weighted by Gasteiger charge is 2.52. The van der Waals surface area contributed by atoms with Gasteiger partial charge in [-0.2, -0.15) is 18.4 Å². The molecule has 3 aromatic rings. The molecule has 3 amide bonds. The highest BCUT2D eigenvalue weighted by atomic mass is 19.4. The molecular formula is C24H20F3N5O2. The third-order valence-electron chi connectivity index (χ3n) is 5.79. The Kier molecular flexibility index (Phi) is 5.65. The molecule has 0 bridgehead atoms. The van der Waals surface area contributed by atoms with Crippen LogP contribution in [0.5, 0.6) is 0 Å². The zero-order chi connectivity index (χ0) is 24.7. The van der Waals surface area contributed by atoms with Gasteiger partial charge in [-0.15, -0.1) is 0 Å². The molecule has 0 atom stereocenters. The molecule has 1 aliphatic heterocycles. The first-order chi connectivity index (χ1) is 16.1. The van der Waals surface area contributed by atoms with E-state index in [2.05, 4.69) is 10.3 Å². The SMILES string of the molecule is CC1(C)C(=O)N(c2ccc(C#N)c(C(F)(F)F)c2)C(=O)N1CCNc1cccc2cccnc12. The fourth-order valence-corrected chi connectivity index (χ4v) is 3.99. The normalized spacial score (nSPS) is 15.6. The third-order valence-corrected chi connectivity index (χ3v) is 5.79. The molecule has 1 aliphatic rings. The standard InChI is InChI=1S/C24H20F3N5O2/c1-23(2)21(33)32(17-9-8-16(14-28)18(13-17)24(25,26)27)22(34)31(23)12-11-29-19-7-3-5-15-6-4-10-30-20(15)19/h3-10,13,29H,11-12H2,1-2H3. The predicted octanol–water partition coefficient (Wildman–Crippen LogP) is 4.78. The number of benzene rings is 2. The molecule has 0 spiro atoms. The van der Waals surface area contributed by atoms with E-state index < -0.39 is 34.8 Å². The second kappa shape index (κ2) is 8.33. The summed E-state index contributed by atoms with van der Waals surface area (Å²) in [5.74, 6) is -0.651. The molecule has 0 radical (unpaired) electrons. The lowest BCUT2D eigenvalue weighted by molar-refractivity contribution is -0.137. The van der Waals surface area contributed by atoms with Gasteiger partial charge in [-0.25, -0.2) is 9.69 Å². The Morgan fingerprint density at radius 3 is 2.56 bits per heavy atom. The number of nitriles is 1. The van der Waals surface area contributed by atoms with Crippen molar-refractivity contribution in [3.05, 3.63) is 65.9 Å². The molecular weight excluding hydrogens is 447 g/mol. The van der Waals surface area contributed by atoms with Crippen LogP contribution in [0.3, 0.4) is 0 Å². The molecule has 10 heteroatoms. The number of pyridine rings is 1. The van der Waals surface area contributed by atoms with Crippen LogP contribution in [-0.4, -0.2) is 40.5 Å². The average Bonchev–Trinajstić information content (AvgIpc) is 2.97. The van der Waals surface area contributed by atoms with Gasteiger partial charge >= 0.3 is 12.2 Å². The summed E-state index contributed by atoms with van der Waals surface area (Å²) in [5, 5.41) is 13.2. The van der Waals surface area contributed by atoms with Crippen molar-refractivity contribution >= 4 is 34.2 Å². The molecule has 2 aromatic carbocycles. The van der Waals surface area contributed by atoms with Gasteiger partial charge in [0.15, 0.2) is 0 Å². The molecule has 2 heterocycles. The summed E-state index contributed by atoms with van der Waals surface area (Å²) in [6.45, 7) is 3.49. The highest BCUT2D eigenvalue weighted by Crippen LogP contribution is 2.37. The second-order valence-electron chi connectivity index (χ2n) is 8.28. The first-order valence-electron chi connectivity index (χ1n) is 10.4. The number of alkyl halides is 3. The lowest BCUT2D eigenvalue weighted by atomic mass is 10.0. The molecule has 0 saturated carbocycles. The van der Waals surface area contributed by atoms with Crippen LogP contribution >= 0.6 is 0 Å². The van der Waals surface area contributed by atoms with Crippen molar-refractivity contribution in [2.75, 3.05) is 23.3 Å². The van der Waals surface area contributed by atoms with Gasteiger partial charge in [-0.3, -0.25) is 9.78 Å². The summed E-state index contributed by atoms with van der Waals surface area (Å²) in [7, 11) is 0. The summed E-state index contributed by atoms with van der Waals surface area (Å²) in [6, 6.07) is 12.9. The lowest BCUT2D eigenvalue weighted by Gasteiger charge is -2.27.